The Hall–Kier alpha value is -2.63. The van der Waals surface area contributed by atoms with Gasteiger partial charge < -0.3 is 16.0 Å². The fourth-order valence-electron chi connectivity index (χ4n) is 2.74. The molecule has 2 heterocycles. The summed E-state index contributed by atoms with van der Waals surface area (Å²) in [6.45, 7) is 2.37. The summed E-state index contributed by atoms with van der Waals surface area (Å²) in [6.07, 6.45) is 0.379. The maximum atomic E-state index is 12.1. The van der Waals surface area contributed by atoms with Crippen LogP contribution in [0.15, 0.2) is 23.2 Å². The molecule has 3 rings (SSSR count). The van der Waals surface area contributed by atoms with E-state index in [9.17, 15) is 9.59 Å². The summed E-state index contributed by atoms with van der Waals surface area (Å²) < 4.78 is 1.83. The number of amides is 1. The molecule has 0 aliphatic carbocycles. The molecule has 1 aliphatic rings. The quantitative estimate of drug-likeness (QED) is 0.594. The summed E-state index contributed by atoms with van der Waals surface area (Å²) in [5, 5.41) is 0.854. The van der Waals surface area contributed by atoms with Gasteiger partial charge in [0.1, 0.15) is 5.69 Å². The lowest BCUT2D eigenvalue weighted by Gasteiger charge is -2.17. The van der Waals surface area contributed by atoms with Crippen molar-refractivity contribution in [3.05, 3.63) is 35.0 Å². The number of nitrogens with two attached hydrogens (primary N) is 2. The third-order valence-corrected chi connectivity index (χ3v) is 3.56. The number of rotatable bonds is 1. The molecule has 2 aromatic rings. The van der Waals surface area contributed by atoms with Crippen molar-refractivity contribution >= 4 is 28.6 Å². The second-order valence-electron chi connectivity index (χ2n) is 4.89. The van der Waals surface area contributed by atoms with Gasteiger partial charge in [0.05, 0.1) is 5.52 Å². The predicted molar refractivity (Wildman–Crippen MR) is 75.8 cm³/mol. The molecule has 0 unspecified atom stereocenters. The highest BCUT2D eigenvalue weighted by Gasteiger charge is 2.25. The van der Waals surface area contributed by atoms with Gasteiger partial charge in [-0.25, -0.2) is 0 Å². The topological polar surface area (TPSA) is 103 Å². The van der Waals surface area contributed by atoms with E-state index < -0.39 is 5.91 Å². The van der Waals surface area contributed by atoms with Gasteiger partial charge in [0.15, 0.2) is 11.7 Å². The van der Waals surface area contributed by atoms with Gasteiger partial charge in [-0.3, -0.25) is 9.59 Å². The number of carbonyl (C=O) groups is 2. The van der Waals surface area contributed by atoms with Crippen LogP contribution in [0, 0.1) is 6.92 Å². The molecule has 0 saturated carbocycles. The van der Waals surface area contributed by atoms with Gasteiger partial charge in [-0.2, -0.15) is 4.99 Å². The zero-order valence-electron chi connectivity index (χ0n) is 11.0. The molecule has 6 nitrogen and oxygen atoms in total. The average Bonchev–Trinajstić information content (AvgIpc) is 2.74. The summed E-state index contributed by atoms with van der Waals surface area (Å²) in [4.78, 5) is 27.7. The molecule has 1 aliphatic heterocycles. The third-order valence-electron chi connectivity index (χ3n) is 3.56. The molecule has 1 aromatic carbocycles. The second-order valence-corrected chi connectivity index (χ2v) is 4.89. The number of Topliss-reactive ketones (excluding diaryl/α,β-unsaturated/α-hetero) is 1. The van der Waals surface area contributed by atoms with Gasteiger partial charge in [-0.05, 0) is 18.6 Å². The number of carbonyl (C=O) groups excluding carboxylic acids is 2. The number of hydrogen-bond donors (Lipinski definition) is 2. The van der Waals surface area contributed by atoms with Crippen molar-refractivity contribution in [2.75, 3.05) is 0 Å². The van der Waals surface area contributed by atoms with Crippen LogP contribution in [0.1, 0.15) is 32.8 Å². The first-order chi connectivity index (χ1) is 9.49. The number of ketones is 1. The number of guanidine groups is 1. The van der Waals surface area contributed by atoms with Crippen molar-refractivity contribution in [3.8, 4) is 0 Å². The van der Waals surface area contributed by atoms with Gasteiger partial charge in [0.2, 0.25) is 0 Å². The minimum atomic E-state index is -0.487. The zero-order valence-corrected chi connectivity index (χ0v) is 11.0. The highest BCUT2D eigenvalue weighted by Crippen LogP contribution is 2.31. The largest absolute Gasteiger partial charge is 0.370 e. The number of aryl methyl sites for hydroxylation is 2. The number of aliphatic imine (C=N–C) groups is 1. The van der Waals surface area contributed by atoms with Crippen LogP contribution in [0.4, 0.5) is 0 Å². The maximum Gasteiger partial charge on any atom is 0.296 e. The van der Waals surface area contributed by atoms with Crippen LogP contribution in [-0.4, -0.2) is 22.2 Å². The Morgan fingerprint density at radius 1 is 1.35 bits per heavy atom. The Morgan fingerprint density at radius 3 is 2.80 bits per heavy atom. The third kappa shape index (κ3) is 1.69. The molecule has 0 atom stereocenters. The van der Waals surface area contributed by atoms with Crippen LogP contribution < -0.4 is 11.5 Å². The van der Waals surface area contributed by atoms with Crippen molar-refractivity contribution in [2.24, 2.45) is 16.5 Å². The van der Waals surface area contributed by atoms with E-state index >= 15 is 0 Å². The fourth-order valence-corrected chi connectivity index (χ4v) is 2.74. The first-order valence-corrected chi connectivity index (χ1v) is 6.29. The summed E-state index contributed by atoms with van der Waals surface area (Å²) in [5.74, 6) is -0.643. The molecule has 1 aromatic heterocycles. The summed E-state index contributed by atoms with van der Waals surface area (Å²) in [5.41, 5.74) is 13.3. The molecular weight excluding hydrogens is 256 g/mol. The number of hydrogen-bond acceptors (Lipinski definition) is 2. The van der Waals surface area contributed by atoms with E-state index in [1.165, 1.54) is 0 Å². The molecular formula is C14H14N4O2. The van der Waals surface area contributed by atoms with E-state index in [0.29, 0.717) is 24.2 Å². The van der Waals surface area contributed by atoms with Gasteiger partial charge >= 0.3 is 0 Å². The van der Waals surface area contributed by atoms with Gasteiger partial charge in [-0.15, -0.1) is 0 Å². The van der Waals surface area contributed by atoms with Crippen LogP contribution >= 0.6 is 0 Å². The minimum Gasteiger partial charge on any atom is -0.370 e. The summed E-state index contributed by atoms with van der Waals surface area (Å²) >= 11 is 0. The second kappa shape index (κ2) is 4.19. The Labute approximate surface area is 115 Å². The first-order valence-electron chi connectivity index (χ1n) is 6.29. The molecule has 4 N–H and O–H groups in total. The predicted octanol–water partition coefficient (Wildman–Crippen LogP) is 0.950. The van der Waals surface area contributed by atoms with Crippen molar-refractivity contribution < 1.29 is 9.59 Å². The molecule has 0 bridgehead atoms. The highest BCUT2D eigenvalue weighted by atomic mass is 16.1. The lowest BCUT2D eigenvalue weighted by Crippen LogP contribution is -2.25. The smallest absolute Gasteiger partial charge is 0.296 e. The number of nitrogens with zero attached hydrogens (tertiary/aromatic N) is 2. The molecule has 0 spiro atoms. The van der Waals surface area contributed by atoms with E-state index in [2.05, 4.69) is 4.99 Å². The first kappa shape index (κ1) is 12.4. The number of aromatic nitrogens is 1. The van der Waals surface area contributed by atoms with Crippen molar-refractivity contribution in [1.29, 1.82) is 0 Å². The molecule has 0 fully saturated rings. The normalized spacial score (nSPS) is 13.6. The Bertz CT molecular complexity index is 782. The molecule has 1 amide bonds. The molecule has 6 heteroatoms. The van der Waals surface area contributed by atoms with Crippen molar-refractivity contribution in [3.63, 3.8) is 0 Å². The fraction of sp³-hybridized carbons (Fsp3) is 0.214. The van der Waals surface area contributed by atoms with Crippen LogP contribution in [0.3, 0.4) is 0 Å². The van der Waals surface area contributed by atoms with Crippen LogP contribution in [0.25, 0.3) is 10.9 Å². The number of benzene rings is 1. The van der Waals surface area contributed by atoms with E-state index in [0.717, 1.165) is 16.5 Å². The Kier molecular flexibility index (Phi) is 2.60. The molecule has 0 saturated heterocycles. The lowest BCUT2D eigenvalue weighted by molar-refractivity contribution is 0.0957. The van der Waals surface area contributed by atoms with Crippen molar-refractivity contribution in [1.82, 2.24) is 4.57 Å². The van der Waals surface area contributed by atoms with Gasteiger partial charge in [0, 0.05) is 23.9 Å². The standard InChI is InChI=1S/C14H14N4O2/c1-7-2-3-8-6-9(13(20)17-14(15)16)18-5-4-10(19)11(7)12(8)18/h2-3,6H,4-5H2,1H3,(H4,15,16,17,20). The Balaban J connectivity index is 2.32. The van der Waals surface area contributed by atoms with E-state index in [1.807, 2.05) is 23.6 Å². The zero-order chi connectivity index (χ0) is 14.4. The minimum absolute atomic E-state index is 0.111. The van der Waals surface area contributed by atoms with Gasteiger partial charge in [-0.1, -0.05) is 12.1 Å². The maximum absolute atomic E-state index is 12.1. The van der Waals surface area contributed by atoms with Crippen LogP contribution in [0.2, 0.25) is 0 Å². The average molecular weight is 270 g/mol. The van der Waals surface area contributed by atoms with Crippen LogP contribution in [0.5, 0.6) is 0 Å². The monoisotopic (exact) mass is 270 g/mol. The lowest BCUT2D eigenvalue weighted by atomic mass is 9.97. The van der Waals surface area contributed by atoms with Crippen molar-refractivity contribution in [2.45, 2.75) is 19.9 Å². The van der Waals surface area contributed by atoms with E-state index in [-0.39, 0.29) is 11.7 Å². The summed E-state index contributed by atoms with van der Waals surface area (Å²) in [7, 11) is 0. The summed E-state index contributed by atoms with van der Waals surface area (Å²) in [6, 6.07) is 5.52. The van der Waals surface area contributed by atoms with E-state index in [4.69, 9.17) is 11.5 Å². The SMILES string of the molecule is Cc1ccc2cc(C(=O)N=C(N)N)n3c2c1C(=O)CC3. The van der Waals surface area contributed by atoms with E-state index in [1.54, 1.807) is 6.07 Å². The highest BCUT2D eigenvalue weighted by molar-refractivity contribution is 6.12. The molecule has 0 radical (unpaired) electrons. The Morgan fingerprint density at radius 2 is 2.10 bits per heavy atom. The molecule has 102 valence electrons. The van der Waals surface area contributed by atoms with Gasteiger partial charge in [0.25, 0.3) is 5.91 Å². The molecule has 20 heavy (non-hydrogen) atoms. The van der Waals surface area contributed by atoms with Crippen LogP contribution in [-0.2, 0) is 6.54 Å².